The Balaban J connectivity index is 1.65. The minimum atomic E-state index is -0.924. The summed E-state index contributed by atoms with van der Waals surface area (Å²) in [6.45, 7) is 8.38. The van der Waals surface area contributed by atoms with Gasteiger partial charge in [-0.1, -0.05) is 30.3 Å². The number of ether oxygens (including phenoxy) is 1. The highest BCUT2D eigenvalue weighted by Gasteiger charge is 2.44. The average Bonchev–Trinajstić information content (AvgIpc) is 3.48. The number of hydrogen-bond donors (Lipinski definition) is 1. The van der Waals surface area contributed by atoms with Crippen molar-refractivity contribution in [3.63, 3.8) is 0 Å². The molecule has 0 spiro atoms. The molecule has 1 fully saturated rings. The molecule has 0 saturated carbocycles. The highest BCUT2D eigenvalue weighted by Crippen LogP contribution is 2.42. The molecule has 192 valence electrons. The van der Waals surface area contributed by atoms with Gasteiger partial charge in [-0.15, -0.1) is 0 Å². The lowest BCUT2D eigenvalue weighted by Crippen LogP contribution is -2.33. The average molecular weight is 504 g/mol. The number of carbonyl (C=O) groups excluding carboxylic acids is 1. The first-order valence-electron chi connectivity index (χ1n) is 12.2. The van der Waals surface area contributed by atoms with E-state index in [1.54, 1.807) is 11.0 Å². The second-order valence-electron chi connectivity index (χ2n) is 9.53. The highest BCUT2D eigenvalue weighted by molar-refractivity contribution is 5.82. The third kappa shape index (κ3) is 5.16. The van der Waals surface area contributed by atoms with Crippen LogP contribution in [0, 0.1) is 18.3 Å². The summed E-state index contributed by atoms with van der Waals surface area (Å²) in [6.07, 6.45) is 2.36. The molecule has 3 aromatic rings. The van der Waals surface area contributed by atoms with Crippen molar-refractivity contribution in [2.75, 3.05) is 13.1 Å². The quantitative estimate of drug-likeness (QED) is 0.456. The van der Waals surface area contributed by atoms with E-state index in [-0.39, 0.29) is 42.3 Å². The molecule has 1 saturated heterocycles. The van der Waals surface area contributed by atoms with Gasteiger partial charge < -0.3 is 19.3 Å². The maximum absolute atomic E-state index is 12.8. The lowest BCUT2D eigenvalue weighted by atomic mass is 9.74. The Morgan fingerprint density at radius 1 is 1.38 bits per heavy atom. The molecule has 0 bridgehead atoms. The van der Waals surface area contributed by atoms with Crippen LogP contribution in [0.4, 0.5) is 0 Å². The minimum absolute atomic E-state index is 0.0413. The Morgan fingerprint density at radius 3 is 2.84 bits per heavy atom. The lowest BCUT2D eigenvalue weighted by Gasteiger charge is -2.30. The first-order chi connectivity index (χ1) is 17.7. The molecule has 1 aromatic carbocycles. The van der Waals surface area contributed by atoms with Crippen molar-refractivity contribution < 1.29 is 24.0 Å². The number of nitriles is 1. The van der Waals surface area contributed by atoms with E-state index in [2.05, 4.69) is 21.2 Å². The van der Waals surface area contributed by atoms with Crippen LogP contribution in [0.2, 0.25) is 0 Å². The van der Waals surface area contributed by atoms with Gasteiger partial charge in [-0.3, -0.25) is 9.59 Å². The van der Waals surface area contributed by atoms with Gasteiger partial charge in [0, 0.05) is 36.7 Å². The van der Waals surface area contributed by atoms with Gasteiger partial charge in [-0.05, 0) is 44.4 Å². The molecular weight excluding hydrogens is 474 g/mol. The third-order valence-electron chi connectivity index (χ3n) is 6.75. The number of carboxylic acid groups (broad SMARTS) is 1. The Hall–Kier alpha value is -4.26. The van der Waals surface area contributed by atoms with Gasteiger partial charge in [0.1, 0.15) is 11.6 Å². The fourth-order valence-electron chi connectivity index (χ4n) is 4.82. The highest BCUT2D eigenvalue weighted by atomic mass is 16.5. The number of amides is 1. The molecule has 1 N–H and O–H groups in total. The van der Waals surface area contributed by atoms with Crippen molar-refractivity contribution >= 4 is 11.9 Å². The van der Waals surface area contributed by atoms with Crippen LogP contribution in [-0.4, -0.2) is 56.2 Å². The van der Waals surface area contributed by atoms with E-state index >= 15 is 0 Å². The standard InChI is InChI=1S/C27H29N5O5/c1-5-27(12-22(33)32(15-27)10-9-23(34)35)21-8-6-7-20(17(21)4)24-30-26(37-31-24)19-11-18(13-28)25(29-14-19)36-16(2)3/h6-8,11,14,16H,5,9-10,12,15H2,1-4H3,(H,34,35). The number of carboxylic acids is 1. The zero-order valence-electron chi connectivity index (χ0n) is 21.3. The van der Waals surface area contributed by atoms with Gasteiger partial charge in [0.25, 0.3) is 5.89 Å². The SMILES string of the molecule is CCC1(c2cccc(-c3noc(-c4cnc(OC(C)C)c(C#N)c4)n3)c2C)CC(=O)N(CCC(=O)O)C1. The Morgan fingerprint density at radius 2 is 2.16 bits per heavy atom. The molecule has 1 aliphatic rings. The van der Waals surface area contributed by atoms with Crippen molar-refractivity contribution in [1.29, 1.82) is 5.26 Å². The predicted molar refractivity (Wildman–Crippen MR) is 134 cm³/mol. The van der Waals surface area contributed by atoms with Gasteiger partial charge in [-0.2, -0.15) is 10.2 Å². The molecule has 0 aliphatic carbocycles. The second kappa shape index (κ2) is 10.4. The normalized spacial score (nSPS) is 17.3. The summed E-state index contributed by atoms with van der Waals surface area (Å²) in [5, 5.41) is 22.7. The number of pyridine rings is 1. The molecule has 4 rings (SSSR count). The van der Waals surface area contributed by atoms with Crippen LogP contribution in [0.15, 0.2) is 35.0 Å². The summed E-state index contributed by atoms with van der Waals surface area (Å²) >= 11 is 0. The predicted octanol–water partition coefficient (Wildman–Crippen LogP) is 4.12. The largest absolute Gasteiger partial charge is 0.481 e. The maximum Gasteiger partial charge on any atom is 0.305 e. The van der Waals surface area contributed by atoms with Crippen molar-refractivity contribution in [2.45, 2.75) is 58.5 Å². The summed E-state index contributed by atoms with van der Waals surface area (Å²) in [7, 11) is 0. The van der Waals surface area contributed by atoms with E-state index in [1.807, 2.05) is 45.9 Å². The van der Waals surface area contributed by atoms with Crippen molar-refractivity contribution in [3.05, 3.63) is 47.2 Å². The van der Waals surface area contributed by atoms with Crippen LogP contribution in [0.3, 0.4) is 0 Å². The Bertz CT molecular complexity index is 1380. The van der Waals surface area contributed by atoms with Crippen LogP contribution in [0.25, 0.3) is 22.8 Å². The van der Waals surface area contributed by atoms with E-state index < -0.39 is 11.4 Å². The monoisotopic (exact) mass is 503 g/mol. The maximum atomic E-state index is 12.8. The van der Waals surface area contributed by atoms with Gasteiger partial charge in [-0.25, -0.2) is 4.98 Å². The van der Waals surface area contributed by atoms with Crippen molar-refractivity contribution in [1.82, 2.24) is 20.0 Å². The number of carbonyl (C=O) groups is 2. The van der Waals surface area contributed by atoms with Crippen LogP contribution in [0.1, 0.15) is 56.7 Å². The van der Waals surface area contributed by atoms with Crippen LogP contribution in [0.5, 0.6) is 5.88 Å². The van der Waals surface area contributed by atoms with Gasteiger partial charge in [0.2, 0.25) is 17.6 Å². The molecule has 1 atom stereocenters. The number of benzene rings is 1. The first-order valence-corrected chi connectivity index (χ1v) is 12.2. The van der Waals surface area contributed by atoms with Crippen molar-refractivity contribution in [2.24, 2.45) is 0 Å². The summed E-state index contributed by atoms with van der Waals surface area (Å²) < 4.78 is 11.1. The fourth-order valence-corrected chi connectivity index (χ4v) is 4.82. The van der Waals surface area contributed by atoms with Crippen LogP contribution < -0.4 is 4.74 Å². The van der Waals surface area contributed by atoms with E-state index in [9.17, 15) is 14.9 Å². The molecule has 2 aromatic heterocycles. The summed E-state index contributed by atoms with van der Waals surface area (Å²) in [4.78, 5) is 34.2. The molecule has 37 heavy (non-hydrogen) atoms. The summed E-state index contributed by atoms with van der Waals surface area (Å²) in [5.41, 5.74) is 3.05. The number of aromatic nitrogens is 3. The lowest BCUT2D eigenvalue weighted by molar-refractivity contribution is -0.137. The zero-order valence-corrected chi connectivity index (χ0v) is 21.3. The Labute approximate surface area is 214 Å². The second-order valence-corrected chi connectivity index (χ2v) is 9.53. The van der Waals surface area contributed by atoms with Gasteiger partial charge >= 0.3 is 5.97 Å². The van der Waals surface area contributed by atoms with Crippen LogP contribution >= 0.6 is 0 Å². The Kier molecular flexibility index (Phi) is 7.25. The van der Waals surface area contributed by atoms with Crippen molar-refractivity contribution in [3.8, 4) is 34.8 Å². The minimum Gasteiger partial charge on any atom is -0.481 e. The number of hydrogen-bond acceptors (Lipinski definition) is 8. The van der Waals surface area contributed by atoms with E-state index in [4.69, 9.17) is 14.4 Å². The molecule has 10 nitrogen and oxygen atoms in total. The smallest absolute Gasteiger partial charge is 0.305 e. The molecule has 1 amide bonds. The number of likely N-dealkylation sites (tertiary alicyclic amines) is 1. The van der Waals surface area contributed by atoms with Gasteiger partial charge in [0.15, 0.2) is 0 Å². The molecule has 0 radical (unpaired) electrons. The number of nitrogens with zero attached hydrogens (tertiary/aromatic N) is 5. The topological polar surface area (TPSA) is 142 Å². The molecule has 1 unspecified atom stereocenters. The van der Waals surface area contributed by atoms with E-state index in [0.29, 0.717) is 24.4 Å². The molecular formula is C27H29N5O5. The fraction of sp³-hybridized carbons (Fsp3) is 0.407. The van der Waals surface area contributed by atoms with Gasteiger partial charge in [0.05, 0.1) is 18.1 Å². The van der Waals surface area contributed by atoms with E-state index in [1.165, 1.54) is 6.20 Å². The first kappa shape index (κ1) is 25.8. The summed E-state index contributed by atoms with van der Waals surface area (Å²) in [6, 6.07) is 9.50. The third-order valence-corrected chi connectivity index (χ3v) is 6.75. The molecule has 3 heterocycles. The van der Waals surface area contributed by atoms with Crippen LogP contribution in [-0.2, 0) is 15.0 Å². The summed E-state index contributed by atoms with van der Waals surface area (Å²) in [5.74, 6) is -0.111. The molecule has 10 heteroatoms. The zero-order chi connectivity index (χ0) is 26.7. The number of rotatable bonds is 9. The van der Waals surface area contributed by atoms with E-state index in [0.717, 1.165) is 23.1 Å². The molecule has 1 aliphatic heterocycles. The number of aliphatic carboxylic acids is 1.